The van der Waals surface area contributed by atoms with Crippen LogP contribution in [0.25, 0.3) is 10.9 Å². The van der Waals surface area contributed by atoms with Crippen molar-refractivity contribution < 1.29 is 37.7 Å². The highest BCUT2D eigenvalue weighted by molar-refractivity contribution is 7.57. The van der Waals surface area contributed by atoms with E-state index < -0.39 is 37.2 Å². The molecule has 5 rings (SSSR count). The fourth-order valence-corrected chi connectivity index (χ4v) is 7.31. The van der Waals surface area contributed by atoms with E-state index in [0.717, 1.165) is 0 Å². The Hall–Kier alpha value is -4.80. The maximum absolute atomic E-state index is 14.1. The lowest BCUT2D eigenvalue weighted by Crippen LogP contribution is -2.37. The quantitative estimate of drug-likeness (QED) is 0.158. The van der Waals surface area contributed by atoms with E-state index in [0.29, 0.717) is 22.3 Å². The van der Waals surface area contributed by atoms with Gasteiger partial charge in [-0.1, -0.05) is 36.4 Å². The number of carbonyl (C=O) groups excluding carboxylic acids is 3. The number of hydrogen-bond acceptors (Lipinski definition) is 8. The molecule has 46 heavy (non-hydrogen) atoms. The maximum atomic E-state index is 14.1. The monoisotopic (exact) mass is 648 g/mol. The number of ether oxygens (including phenoxy) is 1. The number of pyridine rings is 1. The smallest absolute Gasteiger partial charge is 0.323 e. The predicted molar refractivity (Wildman–Crippen MR) is 169 cm³/mol. The molecule has 0 saturated heterocycles. The molecule has 4 aromatic rings. The Morgan fingerprint density at radius 2 is 1.85 bits per heavy atom. The second-order valence-corrected chi connectivity index (χ2v) is 13.1. The van der Waals surface area contributed by atoms with Gasteiger partial charge in [-0.05, 0) is 49.7 Å². The van der Waals surface area contributed by atoms with Gasteiger partial charge < -0.3 is 24.2 Å². The van der Waals surface area contributed by atoms with Crippen LogP contribution in [0.5, 0.6) is 11.5 Å². The highest BCUT2D eigenvalue weighted by atomic mass is 31.2. The summed E-state index contributed by atoms with van der Waals surface area (Å²) in [6.45, 7) is 3.42. The molecule has 0 radical (unpaired) electrons. The molecule has 1 aliphatic heterocycles. The molecule has 0 aliphatic carbocycles. The predicted octanol–water partition coefficient (Wildman–Crippen LogP) is 5.12. The highest BCUT2D eigenvalue weighted by Gasteiger charge is 2.38. The number of rotatable bonds is 12. The van der Waals surface area contributed by atoms with Gasteiger partial charge in [-0.3, -0.25) is 23.9 Å². The van der Waals surface area contributed by atoms with E-state index in [4.69, 9.17) is 9.26 Å². The summed E-state index contributed by atoms with van der Waals surface area (Å²) in [7, 11) is -2.25. The summed E-state index contributed by atoms with van der Waals surface area (Å²) in [4.78, 5) is 47.1. The Balaban J connectivity index is 1.44. The molecular weight excluding hydrogens is 614 g/mol. The number of phenolic OH excluding ortho intramolecular Hbond substituents is 1. The number of fused-ring (bicyclic) bond motifs is 2. The summed E-state index contributed by atoms with van der Waals surface area (Å²) in [6.07, 6.45) is 1.29. The second-order valence-electron chi connectivity index (χ2n) is 10.9. The first-order valence-corrected chi connectivity index (χ1v) is 16.5. The minimum atomic E-state index is -3.78. The van der Waals surface area contributed by atoms with Gasteiger partial charge in [-0.25, -0.2) is 9.48 Å². The van der Waals surface area contributed by atoms with Crippen LogP contribution in [0.3, 0.4) is 0 Å². The molecule has 1 aromatic heterocycles. The minimum Gasteiger partial charge on any atom is -0.505 e. The van der Waals surface area contributed by atoms with E-state index in [2.05, 4.69) is 10.1 Å². The molecule has 0 saturated carbocycles. The maximum Gasteiger partial charge on any atom is 0.323 e. The van der Waals surface area contributed by atoms with Gasteiger partial charge >= 0.3 is 13.5 Å². The Bertz CT molecular complexity index is 1820. The third-order valence-electron chi connectivity index (χ3n) is 7.60. The van der Waals surface area contributed by atoms with Crippen molar-refractivity contribution in [1.82, 2.24) is 19.9 Å². The minimum absolute atomic E-state index is 0.0203. The van der Waals surface area contributed by atoms with Crippen LogP contribution in [-0.2, 0) is 27.2 Å². The van der Waals surface area contributed by atoms with Gasteiger partial charge in [0.15, 0.2) is 5.75 Å². The summed E-state index contributed by atoms with van der Waals surface area (Å²) in [5.41, 5.74) is 1.26. The topological polar surface area (TPSA) is 138 Å². The molecule has 0 spiro atoms. The summed E-state index contributed by atoms with van der Waals surface area (Å²) in [6, 6.07) is 16.5. The lowest BCUT2D eigenvalue weighted by Gasteiger charge is -2.26. The summed E-state index contributed by atoms with van der Waals surface area (Å²) < 4.78 is 38.5. The van der Waals surface area contributed by atoms with Crippen molar-refractivity contribution in [3.63, 3.8) is 0 Å². The number of nitrogens with zero attached hydrogens (tertiary/aromatic N) is 3. The largest absolute Gasteiger partial charge is 0.505 e. The van der Waals surface area contributed by atoms with E-state index in [1.165, 1.54) is 42.1 Å². The van der Waals surface area contributed by atoms with E-state index >= 15 is 0 Å². The number of carbonyl (C=O) groups is 3. The van der Waals surface area contributed by atoms with Gasteiger partial charge in [0, 0.05) is 43.8 Å². The molecule has 240 valence electrons. The van der Waals surface area contributed by atoms with Crippen molar-refractivity contribution in [2.75, 3.05) is 26.4 Å². The molecule has 13 heteroatoms. The Morgan fingerprint density at radius 3 is 2.54 bits per heavy atom. The van der Waals surface area contributed by atoms with Crippen LogP contribution in [0, 0.1) is 5.82 Å². The molecule has 2 heterocycles. The third-order valence-corrected chi connectivity index (χ3v) is 9.67. The standard InChI is InChI=1S/C33H34FN4O7P/c1-4-44-33(42)21(2)36-46(43,45-24-9-6-5-7-10-24)18-17-37(3)31(40)27-25-11-8-16-35-29(25)30(39)28-26(27)20-38(32(28)41)19-22-12-14-23(34)15-13-22/h5-16,21,39H,4,17-20H2,1-3H3,(H,36,43). The normalized spacial score (nSPS) is 14.4. The lowest BCUT2D eigenvalue weighted by atomic mass is 9.95. The van der Waals surface area contributed by atoms with Gasteiger partial charge in [0.05, 0.1) is 23.9 Å². The molecule has 0 bridgehead atoms. The molecule has 0 fully saturated rings. The van der Waals surface area contributed by atoms with Gasteiger partial charge in [0.1, 0.15) is 23.1 Å². The second kappa shape index (κ2) is 13.7. The van der Waals surface area contributed by atoms with Crippen molar-refractivity contribution in [2.24, 2.45) is 0 Å². The van der Waals surface area contributed by atoms with Crippen molar-refractivity contribution >= 4 is 36.2 Å². The average molecular weight is 649 g/mol. The molecule has 11 nitrogen and oxygen atoms in total. The fraction of sp³-hybridized carbons (Fsp3) is 0.273. The number of hydrogen-bond donors (Lipinski definition) is 2. The van der Waals surface area contributed by atoms with E-state index in [1.54, 1.807) is 61.5 Å². The number of aromatic nitrogens is 1. The van der Waals surface area contributed by atoms with Crippen molar-refractivity contribution in [3.05, 3.63) is 101 Å². The number of para-hydroxylation sites is 1. The Morgan fingerprint density at radius 1 is 1.13 bits per heavy atom. The Kier molecular flexibility index (Phi) is 9.69. The van der Waals surface area contributed by atoms with Crippen molar-refractivity contribution in [1.29, 1.82) is 0 Å². The van der Waals surface area contributed by atoms with Crippen molar-refractivity contribution in [2.45, 2.75) is 33.0 Å². The molecule has 2 amide bonds. The number of esters is 1. The van der Waals surface area contributed by atoms with Crippen LogP contribution in [0.4, 0.5) is 4.39 Å². The molecule has 3 aromatic carbocycles. The summed E-state index contributed by atoms with van der Waals surface area (Å²) in [5, 5.41) is 14.3. The van der Waals surface area contributed by atoms with E-state index in [1.807, 2.05) is 0 Å². The van der Waals surface area contributed by atoms with Gasteiger partial charge in [-0.15, -0.1) is 0 Å². The number of aromatic hydroxyl groups is 1. The lowest BCUT2D eigenvalue weighted by molar-refractivity contribution is -0.144. The molecule has 2 atom stereocenters. The average Bonchev–Trinajstić information content (AvgIpc) is 3.36. The third kappa shape index (κ3) is 6.88. The van der Waals surface area contributed by atoms with Crippen LogP contribution in [0.15, 0.2) is 72.9 Å². The molecule has 2 unspecified atom stereocenters. The first-order valence-electron chi connectivity index (χ1n) is 14.7. The van der Waals surface area contributed by atoms with E-state index in [9.17, 15) is 28.4 Å². The number of halogens is 1. The zero-order valence-corrected chi connectivity index (χ0v) is 26.5. The van der Waals surface area contributed by atoms with Crippen LogP contribution < -0.4 is 9.61 Å². The van der Waals surface area contributed by atoms with Gasteiger partial charge in [0.2, 0.25) is 0 Å². The number of nitrogens with one attached hydrogen (secondary N) is 1. The van der Waals surface area contributed by atoms with Crippen LogP contribution >= 0.6 is 7.52 Å². The number of phenols is 1. The van der Waals surface area contributed by atoms with Gasteiger partial charge in [0.25, 0.3) is 11.8 Å². The summed E-state index contributed by atoms with van der Waals surface area (Å²) in [5.74, 6) is -1.99. The zero-order valence-electron chi connectivity index (χ0n) is 25.6. The zero-order chi connectivity index (χ0) is 33.0. The highest BCUT2D eigenvalue weighted by Crippen LogP contribution is 2.44. The SMILES string of the molecule is CCOC(=O)C(C)NP(=O)(CCN(C)C(=O)c1c2c(c(O)c3ncccc13)C(=O)N(Cc1ccc(F)cc1)C2)Oc1ccccc1. The Labute approximate surface area is 265 Å². The van der Waals surface area contributed by atoms with E-state index in [-0.39, 0.29) is 54.8 Å². The summed E-state index contributed by atoms with van der Waals surface area (Å²) >= 11 is 0. The first kappa shape index (κ1) is 32.6. The van der Waals surface area contributed by atoms with Crippen molar-refractivity contribution in [3.8, 4) is 11.5 Å². The van der Waals surface area contributed by atoms with Crippen LogP contribution in [0.2, 0.25) is 0 Å². The molecular formula is C33H34FN4O7P. The van der Waals surface area contributed by atoms with Crippen LogP contribution in [0.1, 0.15) is 45.7 Å². The molecule has 1 aliphatic rings. The van der Waals surface area contributed by atoms with Crippen LogP contribution in [-0.4, -0.2) is 70.1 Å². The number of benzene rings is 3. The number of amides is 2. The first-order chi connectivity index (χ1) is 22.0. The molecule has 2 N–H and O–H groups in total. The van der Waals surface area contributed by atoms with Gasteiger partial charge in [-0.2, -0.15) is 0 Å². The fourth-order valence-electron chi connectivity index (χ4n) is 5.31.